The van der Waals surface area contributed by atoms with Gasteiger partial charge in [0.2, 0.25) is 0 Å². The first-order valence-corrected chi connectivity index (χ1v) is 8.27. The van der Waals surface area contributed by atoms with E-state index in [1.54, 1.807) is 18.5 Å². The first kappa shape index (κ1) is 15.8. The van der Waals surface area contributed by atoms with Crippen LogP contribution in [-0.4, -0.2) is 24.0 Å². The minimum Gasteiger partial charge on any atom is -0.383 e. The van der Waals surface area contributed by atoms with Crippen LogP contribution in [0.2, 0.25) is 0 Å². The van der Waals surface area contributed by atoms with Crippen molar-refractivity contribution < 1.29 is 4.79 Å². The molecule has 21 heavy (non-hydrogen) atoms. The van der Waals surface area contributed by atoms with E-state index in [0.717, 1.165) is 37.5 Å². The molecule has 1 saturated carbocycles. The third-order valence-corrected chi connectivity index (χ3v) is 4.19. The van der Waals surface area contributed by atoms with Crippen molar-refractivity contribution in [3.63, 3.8) is 0 Å². The van der Waals surface area contributed by atoms with Gasteiger partial charge in [-0.3, -0.25) is 9.78 Å². The maximum Gasteiger partial charge on any atom is 0.253 e. The lowest BCUT2D eigenvalue weighted by molar-refractivity contribution is 0.0951. The summed E-state index contributed by atoms with van der Waals surface area (Å²) in [6.45, 7) is 3.74. The van der Waals surface area contributed by atoms with E-state index < -0.39 is 0 Å². The third kappa shape index (κ3) is 5.03. The van der Waals surface area contributed by atoms with Gasteiger partial charge in [0, 0.05) is 19.3 Å². The molecule has 0 bridgehead atoms. The molecule has 0 radical (unpaired) electrons. The molecule has 1 aliphatic rings. The molecule has 1 aromatic heterocycles. The van der Waals surface area contributed by atoms with E-state index in [1.807, 2.05) is 0 Å². The van der Waals surface area contributed by atoms with Gasteiger partial charge in [0.15, 0.2) is 0 Å². The maximum absolute atomic E-state index is 12.3. The van der Waals surface area contributed by atoms with E-state index >= 15 is 0 Å². The van der Waals surface area contributed by atoms with Crippen LogP contribution < -0.4 is 10.6 Å². The van der Waals surface area contributed by atoms with Crippen molar-refractivity contribution in [1.82, 2.24) is 10.3 Å². The normalized spacial score (nSPS) is 15.7. The Morgan fingerprint density at radius 2 is 2.10 bits per heavy atom. The van der Waals surface area contributed by atoms with Gasteiger partial charge in [0.05, 0.1) is 17.4 Å². The Balaban J connectivity index is 1.82. The Bertz CT molecular complexity index is 441. The molecule has 4 nitrogen and oxygen atoms in total. The molecule has 116 valence electrons. The average molecular weight is 289 g/mol. The first-order valence-electron chi connectivity index (χ1n) is 8.27. The number of carbonyl (C=O) groups excluding carboxylic acids is 1. The molecule has 1 aliphatic carbocycles. The summed E-state index contributed by atoms with van der Waals surface area (Å²) in [5, 5.41) is 6.32. The Morgan fingerprint density at radius 3 is 2.86 bits per heavy atom. The average Bonchev–Trinajstić information content (AvgIpc) is 2.54. The van der Waals surface area contributed by atoms with Gasteiger partial charge in [-0.15, -0.1) is 0 Å². The van der Waals surface area contributed by atoms with Gasteiger partial charge in [0.1, 0.15) is 0 Å². The van der Waals surface area contributed by atoms with Crippen LogP contribution >= 0.6 is 0 Å². The number of rotatable bonds is 7. The van der Waals surface area contributed by atoms with E-state index in [-0.39, 0.29) is 5.91 Å². The smallest absolute Gasteiger partial charge is 0.253 e. The number of amides is 1. The van der Waals surface area contributed by atoms with E-state index in [4.69, 9.17) is 0 Å². The first-order chi connectivity index (χ1) is 10.3. The molecule has 1 fully saturated rings. The van der Waals surface area contributed by atoms with Crippen LogP contribution in [0.1, 0.15) is 62.2 Å². The highest BCUT2D eigenvalue weighted by atomic mass is 16.1. The van der Waals surface area contributed by atoms with Crippen LogP contribution in [0.25, 0.3) is 0 Å². The number of nitrogens with one attached hydrogen (secondary N) is 2. The zero-order valence-corrected chi connectivity index (χ0v) is 13.0. The van der Waals surface area contributed by atoms with E-state index in [0.29, 0.717) is 5.56 Å². The fourth-order valence-corrected chi connectivity index (χ4v) is 2.95. The second kappa shape index (κ2) is 8.65. The van der Waals surface area contributed by atoms with Crippen LogP contribution in [0.4, 0.5) is 5.69 Å². The Labute approximate surface area is 127 Å². The monoisotopic (exact) mass is 289 g/mol. The summed E-state index contributed by atoms with van der Waals surface area (Å²) in [5.41, 5.74) is 1.52. The summed E-state index contributed by atoms with van der Waals surface area (Å²) in [6.07, 6.45) is 12.3. The molecule has 0 spiro atoms. The van der Waals surface area contributed by atoms with Crippen LogP contribution in [0, 0.1) is 5.92 Å². The van der Waals surface area contributed by atoms with Gasteiger partial charge < -0.3 is 10.6 Å². The topological polar surface area (TPSA) is 54.0 Å². The second-order valence-electron chi connectivity index (χ2n) is 5.90. The van der Waals surface area contributed by atoms with Crippen molar-refractivity contribution in [2.75, 3.05) is 18.4 Å². The Morgan fingerprint density at radius 1 is 1.29 bits per heavy atom. The summed E-state index contributed by atoms with van der Waals surface area (Å²) in [5.74, 6) is 0.806. The number of hydrogen-bond donors (Lipinski definition) is 2. The molecule has 1 heterocycles. The zero-order chi connectivity index (χ0) is 14.9. The number of pyridine rings is 1. The number of carbonyl (C=O) groups is 1. The predicted molar refractivity (Wildman–Crippen MR) is 86.5 cm³/mol. The molecule has 2 N–H and O–H groups in total. The lowest BCUT2D eigenvalue weighted by atomic mass is 9.87. The second-order valence-corrected chi connectivity index (χ2v) is 5.90. The fraction of sp³-hybridized carbons (Fsp3) is 0.647. The summed E-state index contributed by atoms with van der Waals surface area (Å²) in [4.78, 5) is 16.4. The quantitative estimate of drug-likeness (QED) is 0.806. The molecule has 4 heteroatoms. The van der Waals surface area contributed by atoms with Crippen LogP contribution in [0.15, 0.2) is 18.5 Å². The van der Waals surface area contributed by atoms with Crippen molar-refractivity contribution in [3.05, 3.63) is 24.0 Å². The minimum atomic E-state index is 0.00631. The highest BCUT2D eigenvalue weighted by Gasteiger charge is 2.15. The van der Waals surface area contributed by atoms with Crippen molar-refractivity contribution in [3.8, 4) is 0 Å². The summed E-state index contributed by atoms with van der Waals surface area (Å²) < 4.78 is 0. The maximum atomic E-state index is 12.3. The molecular weight excluding hydrogens is 262 g/mol. The van der Waals surface area contributed by atoms with Gasteiger partial charge in [-0.05, 0) is 24.8 Å². The molecule has 1 amide bonds. The molecule has 0 atom stereocenters. The summed E-state index contributed by atoms with van der Waals surface area (Å²) in [6, 6.07) is 1.79. The lowest BCUT2D eigenvalue weighted by Gasteiger charge is -2.21. The number of aromatic nitrogens is 1. The van der Waals surface area contributed by atoms with Gasteiger partial charge in [-0.1, -0.05) is 39.0 Å². The number of hydrogen-bond acceptors (Lipinski definition) is 3. The van der Waals surface area contributed by atoms with Crippen molar-refractivity contribution >= 4 is 11.6 Å². The van der Waals surface area contributed by atoms with E-state index in [1.165, 1.54) is 32.1 Å². The SMILES string of the molecule is CCCNc1cnccc1C(=O)NCCC1CCCCC1. The van der Waals surface area contributed by atoms with E-state index in [9.17, 15) is 4.79 Å². The fourth-order valence-electron chi connectivity index (χ4n) is 2.95. The van der Waals surface area contributed by atoms with Gasteiger partial charge in [-0.25, -0.2) is 0 Å². The van der Waals surface area contributed by atoms with Crippen LogP contribution in [0.5, 0.6) is 0 Å². The largest absolute Gasteiger partial charge is 0.383 e. The van der Waals surface area contributed by atoms with Gasteiger partial charge in [0.25, 0.3) is 5.91 Å². The van der Waals surface area contributed by atoms with E-state index in [2.05, 4.69) is 22.5 Å². The number of nitrogens with zero attached hydrogens (tertiary/aromatic N) is 1. The Kier molecular flexibility index (Phi) is 6.51. The third-order valence-electron chi connectivity index (χ3n) is 4.19. The standard InChI is InChI=1S/C17H27N3O/c1-2-10-19-16-13-18-11-9-15(16)17(21)20-12-8-14-6-4-3-5-7-14/h9,11,13-14,19H,2-8,10,12H2,1H3,(H,20,21). The van der Waals surface area contributed by atoms with Gasteiger partial charge >= 0.3 is 0 Å². The van der Waals surface area contributed by atoms with Crippen LogP contribution in [0.3, 0.4) is 0 Å². The highest BCUT2D eigenvalue weighted by Crippen LogP contribution is 2.25. The van der Waals surface area contributed by atoms with Gasteiger partial charge in [-0.2, -0.15) is 0 Å². The molecular formula is C17H27N3O. The predicted octanol–water partition coefficient (Wildman–Crippen LogP) is 3.60. The molecule has 1 aromatic rings. The zero-order valence-electron chi connectivity index (χ0n) is 13.0. The molecule has 2 rings (SSSR count). The Hall–Kier alpha value is -1.58. The van der Waals surface area contributed by atoms with Crippen molar-refractivity contribution in [2.45, 2.75) is 51.9 Å². The summed E-state index contributed by atoms with van der Waals surface area (Å²) >= 11 is 0. The molecule has 0 aromatic carbocycles. The van der Waals surface area contributed by atoms with Crippen molar-refractivity contribution in [1.29, 1.82) is 0 Å². The lowest BCUT2D eigenvalue weighted by Crippen LogP contribution is -2.27. The molecule has 0 unspecified atom stereocenters. The molecule has 0 saturated heterocycles. The summed E-state index contributed by atoms with van der Waals surface area (Å²) in [7, 11) is 0. The number of anilines is 1. The minimum absolute atomic E-state index is 0.00631. The van der Waals surface area contributed by atoms with Crippen LogP contribution in [-0.2, 0) is 0 Å². The molecule has 0 aliphatic heterocycles. The van der Waals surface area contributed by atoms with Crippen molar-refractivity contribution in [2.24, 2.45) is 5.92 Å². The highest BCUT2D eigenvalue weighted by molar-refractivity contribution is 5.99.